The van der Waals surface area contributed by atoms with Crippen LogP contribution in [0, 0.1) is 0 Å². The summed E-state index contributed by atoms with van der Waals surface area (Å²) in [6.07, 6.45) is 4.88. The van der Waals surface area contributed by atoms with Crippen molar-refractivity contribution in [2.45, 2.75) is 6.54 Å². The normalized spacial score (nSPS) is 11.4. The fraction of sp³-hybridized carbons (Fsp3) is 0.231. The van der Waals surface area contributed by atoms with Gasteiger partial charge in [-0.2, -0.15) is 0 Å². The molecule has 0 unspecified atom stereocenters. The highest BCUT2D eigenvalue weighted by Crippen LogP contribution is 2.06. The standard InChI is InChI=1S/C13H16N6O2/c1-18-6-5-15-11(18)8-19(2)13(20)10-4-3-9(7-16-10)12(14)17-21/h3-7,21H,8H2,1-2H3,(H2,14,17). The van der Waals surface area contributed by atoms with E-state index in [0.717, 1.165) is 5.82 Å². The SMILES string of the molecule is CN(Cc1nccn1C)C(=O)c1ccc(C(N)=NO)cn1. The minimum atomic E-state index is -0.232. The molecule has 1 amide bonds. The number of pyridine rings is 1. The summed E-state index contributed by atoms with van der Waals surface area (Å²) in [5.74, 6) is 0.492. The number of carbonyl (C=O) groups excluding carboxylic acids is 1. The lowest BCUT2D eigenvalue weighted by Crippen LogP contribution is -2.28. The molecule has 8 nitrogen and oxygen atoms in total. The molecule has 8 heteroatoms. The third kappa shape index (κ3) is 3.16. The first-order valence-electron chi connectivity index (χ1n) is 6.18. The Morgan fingerprint density at radius 2 is 2.24 bits per heavy atom. The molecule has 2 heterocycles. The van der Waals surface area contributed by atoms with Crippen molar-refractivity contribution in [2.24, 2.45) is 17.9 Å². The van der Waals surface area contributed by atoms with Crippen LogP contribution in [0.15, 0.2) is 35.9 Å². The van der Waals surface area contributed by atoms with Crippen molar-refractivity contribution in [1.29, 1.82) is 0 Å². The van der Waals surface area contributed by atoms with Crippen LogP contribution in [-0.2, 0) is 13.6 Å². The number of imidazole rings is 1. The van der Waals surface area contributed by atoms with Crippen molar-refractivity contribution < 1.29 is 10.0 Å². The number of aryl methyl sites for hydroxylation is 1. The maximum absolute atomic E-state index is 12.2. The number of rotatable bonds is 4. The van der Waals surface area contributed by atoms with E-state index in [-0.39, 0.29) is 17.4 Å². The van der Waals surface area contributed by atoms with E-state index in [9.17, 15) is 4.79 Å². The van der Waals surface area contributed by atoms with E-state index in [1.807, 2.05) is 17.8 Å². The van der Waals surface area contributed by atoms with Crippen LogP contribution in [0.4, 0.5) is 0 Å². The van der Waals surface area contributed by atoms with Gasteiger partial charge in [0, 0.05) is 38.2 Å². The van der Waals surface area contributed by atoms with Gasteiger partial charge in [-0.05, 0) is 12.1 Å². The largest absolute Gasteiger partial charge is 0.409 e. The van der Waals surface area contributed by atoms with Gasteiger partial charge in [-0.25, -0.2) is 4.98 Å². The lowest BCUT2D eigenvalue weighted by Gasteiger charge is -2.16. The predicted molar refractivity (Wildman–Crippen MR) is 75.8 cm³/mol. The van der Waals surface area contributed by atoms with Crippen molar-refractivity contribution in [2.75, 3.05) is 7.05 Å². The molecule has 110 valence electrons. The summed E-state index contributed by atoms with van der Waals surface area (Å²) in [5, 5.41) is 11.5. The number of nitrogens with two attached hydrogens (primary N) is 1. The maximum atomic E-state index is 12.2. The van der Waals surface area contributed by atoms with E-state index in [1.54, 1.807) is 19.3 Å². The van der Waals surface area contributed by atoms with Crippen molar-refractivity contribution in [1.82, 2.24) is 19.4 Å². The van der Waals surface area contributed by atoms with E-state index >= 15 is 0 Å². The summed E-state index contributed by atoms with van der Waals surface area (Å²) >= 11 is 0. The van der Waals surface area contributed by atoms with Crippen molar-refractivity contribution in [3.63, 3.8) is 0 Å². The average Bonchev–Trinajstić information content (AvgIpc) is 2.91. The highest BCUT2D eigenvalue weighted by Gasteiger charge is 2.15. The molecular weight excluding hydrogens is 272 g/mol. The van der Waals surface area contributed by atoms with Crippen LogP contribution in [0.2, 0.25) is 0 Å². The van der Waals surface area contributed by atoms with Crippen molar-refractivity contribution in [3.8, 4) is 0 Å². The molecule has 0 radical (unpaired) electrons. The number of carbonyl (C=O) groups is 1. The minimum Gasteiger partial charge on any atom is -0.409 e. The topological polar surface area (TPSA) is 110 Å². The number of aromatic nitrogens is 3. The molecule has 2 rings (SSSR count). The van der Waals surface area contributed by atoms with Gasteiger partial charge in [0.1, 0.15) is 11.5 Å². The predicted octanol–water partition coefficient (Wildman–Crippen LogP) is 0.182. The van der Waals surface area contributed by atoms with Crippen LogP contribution in [-0.4, -0.2) is 43.4 Å². The van der Waals surface area contributed by atoms with Gasteiger partial charge in [0.2, 0.25) is 0 Å². The fourth-order valence-corrected chi connectivity index (χ4v) is 1.76. The van der Waals surface area contributed by atoms with Gasteiger partial charge in [-0.1, -0.05) is 5.16 Å². The van der Waals surface area contributed by atoms with Gasteiger partial charge in [0.15, 0.2) is 5.84 Å². The molecule has 0 saturated carbocycles. The third-order valence-corrected chi connectivity index (χ3v) is 3.03. The molecule has 0 fully saturated rings. The van der Waals surface area contributed by atoms with Gasteiger partial charge in [0.25, 0.3) is 5.91 Å². The summed E-state index contributed by atoms with van der Waals surface area (Å²) < 4.78 is 1.85. The zero-order valence-corrected chi connectivity index (χ0v) is 11.8. The number of hydrogen-bond acceptors (Lipinski definition) is 5. The summed E-state index contributed by atoms with van der Waals surface area (Å²) in [4.78, 5) is 22.0. The molecule has 0 aliphatic carbocycles. The van der Waals surface area contributed by atoms with Crippen LogP contribution in [0.1, 0.15) is 21.9 Å². The van der Waals surface area contributed by atoms with Gasteiger partial charge < -0.3 is 20.4 Å². The van der Waals surface area contributed by atoms with Crippen LogP contribution in [0.5, 0.6) is 0 Å². The first-order chi connectivity index (χ1) is 10.0. The molecule has 21 heavy (non-hydrogen) atoms. The Bertz CT molecular complexity index is 662. The minimum absolute atomic E-state index is 0.0529. The Morgan fingerprint density at radius 3 is 2.76 bits per heavy atom. The molecule has 3 N–H and O–H groups in total. The monoisotopic (exact) mass is 288 g/mol. The van der Waals surface area contributed by atoms with E-state index in [2.05, 4.69) is 15.1 Å². The smallest absolute Gasteiger partial charge is 0.272 e. The number of oxime groups is 1. The lowest BCUT2D eigenvalue weighted by molar-refractivity contribution is 0.0774. The van der Waals surface area contributed by atoms with Crippen molar-refractivity contribution >= 4 is 11.7 Å². The first-order valence-corrected chi connectivity index (χ1v) is 6.18. The second-order valence-corrected chi connectivity index (χ2v) is 4.53. The highest BCUT2D eigenvalue weighted by molar-refractivity contribution is 5.98. The quantitative estimate of drug-likeness (QED) is 0.361. The summed E-state index contributed by atoms with van der Waals surface area (Å²) in [6, 6.07) is 3.11. The third-order valence-electron chi connectivity index (χ3n) is 3.03. The van der Waals surface area contributed by atoms with E-state index in [4.69, 9.17) is 10.9 Å². The number of amidine groups is 1. The molecular formula is C13H16N6O2. The lowest BCUT2D eigenvalue weighted by atomic mass is 10.2. The van der Waals surface area contributed by atoms with Gasteiger partial charge in [0.05, 0.1) is 6.54 Å². The zero-order valence-electron chi connectivity index (χ0n) is 11.8. The van der Waals surface area contributed by atoms with Gasteiger partial charge in [-0.15, -0.1) is 0 Å². The average molecular weight is 288 g/mol. The molecule has 0 bridgehead atoms. The van der Waals surface area contributed by atoms with Crippen molar-refractivity contribution in [3.05, 3.63) is 47.8 Å². The Balaban J connectivity index is 2.10. The van der Waals surface area contributed by atoms with Crippen LogP contribution < -0.4 is 5.73 Å². The molecule has 0 aliphatic heterocycles. The van der Waals surface area contributed by atoms with Crippen LogP contribution in [0.3, 0.4) is 0 Å². The first kappa shape index (κ1) is 14.5. The fourth-order valence-electron chi connectivity index (χ4n) is 1.76. The molecule has 0 atom stereocenters. The summed E-state index contributed by atoms with van der Waals surface area (Å²) in [7, 11) is 3.54. The molecule has 2 aromatic rings. The summed E-state index contributed by atoms with van der Waals surface area (Å²) in [6.45, 7) is 0.381. The molecule has 2 aromatic heterocycles. The van der Waals surface area contributed by atoms with Gasteiger partial charge in [-0.3, -0.25) is 9.78 Å². The zero-order chi connectivity index (χ0) is 15.4. The molecule has 0 saturated heterocycles. The number of hydrogen-bond donors (Lipinski definition) is 2. The highest BCUT2D eigenvalue weighted by atomic mass is 16.4. The Kier molecular flexibility index (Phi) is 4.17. The van der Waals surface area contributed by atoms with E-state index < -0.39 is 0 Å². The Hall–Kier alpha value is -2.90. The molecule has 0 aromatic carbocycles. The van der Waals surface area contributed by atoms with E-state index in [0.29, 0.717) is 12.1 Å². The second-order valence-electron chi connectivity index (χ2n) is 4.53. The number of nitrogens with zero attached hydrogens (tertiary/aromatic N) is 5. The summed E-state index contributed by atoms with van der Waals surface area (Å²) in [5.41, 5.74) is 6.16. The Labute approximate surface area is 121 Å². The maximum Gasteiger partial charge on any atom is 0.272 e. The second kappa shape index (κ2) is 6.04. The van der Waals surface area contributed by atoms with Crippen LogP contribution >= 0.6 is 0 Å². The Morgan fingerprint density at radius 1 is 1.48 bits per heavy atom. The molecule has 0 spiro atoms. The van der Waals surface area contributed by atoms with Gasteiger partial charge >= 0.3 is 0 Å². The van der Waals surface area contributed by atoms with E-state index in [1.165, 1.54) is 17.2 Å². The number of amides is 1. The molecule has 0 aliphatic rings. The van der Waals surface area contributed by atoms with Crippen LogP contribution in [0.25, 0.3) is 0 Å².